The van der Waals surface area contributed by atoms with Gasteiger partial charge in [-0.05, 0) is 6.07 Å². The van der Waals surface area contributed by atoms with Crippen molar-refractivity contribution < 1.29 is 27.7 Å². The Bertz CT molecular complexity index is 478. The summed E-state index contributed by atoms with van der Waals surface area (Å²) in [5.41, 5.74) is 1.27. The summed E-state index contributed by atoms with van der Waals surface area (Å²) in [5, 5.41) is 12.5. The van der Waals surface area contributed by atoms with Gasteiger partial charge in [0.05, 0.1) is 4.92 Å². The molecule has 1 rings (SSSR count). The van der Waals surface area contributed by atoms with Crippen molar-refractivity contribution in [1.82, 2.24) is 5.48 Å². The number of rotatable bonds is 4. The van der Waals surface area contributed by atoms with Crippen LogP contribution in [0, 0.1) is 10.1 Å². The van der Waals surface area contributed by atoms with Crippen molar-refractivity contribution in [2.75, 3.05) is 11.9 Å². The van der Waals surface area contributed by atoms with Crippen LogP contribution in [0.15, 0.2) is 24.3 Å². The highest BCUT2D eigenvalue weighted by molar-refractivity contribution is 5.88. The quantitative estimate of drug-likeness (QED) is 0.652. The van der Waals surface area contributed by atoms with E-state index in [1.807, 2.05) is 0 Å². The number of alkyl halides is 3. The van der Waals surface area contributed by atoms with Crippen LogP contribution in [0.2, 0.25) is 0 Å². The van der Waals surface area contributed by atoms with E-state index in [0.29, 0.717) is 0 Å². The van der Waals surface area contributed by atoms with Crippen LogP contribution in [0.4, 0.5) is 29.3 Å². The van der Waals surface area contributed by atoms with E-state index in [2.05, 4.69) is 10.2 Å². The number of halogens is 3. The fraction of sp³-hybridized carbons (Fsp3) is 0.222. The number of anilines is 1. The Hall–Kier alpha value is -2.36. The molecule has 0 aliphatic rings. The van der Waals surface area contributed by atoms with E-state index < -0.39 is 23.7 Å². The molecule has 0 atom stereocenters. The van der Waals surface area contributed by atoms with Gasteiger partial charge in [-0.2, -0.15) is 13.2 Å². The molecule has 10 heteroatoms. The number of hydroxylamine groups is 1. The van der Waals surface area contributed by atoms with Gasteiger partial charge in [-0.25, -0.2) is 10.3 Å². The molecule has 0 fully saturated rings. The number of amides is 2. The second-order valence-corrected chi connectivity index (χ2v) is 3.27. The van der Waals surface area contributed by atoms with Gasteiger partial charge in [0.1, 0.15) is 0 Å². The molecule has 0 aliphatic heterocycles. The lowest BCUT2D eigenvalue weighted by molar-refractivity contribution is -0.384. The van der Waals surface area contributed by atoms with Gasteiger partial charge in [-0.15, -0.1) is 0 Å². The van der Waals surface area contributed by atoms with Crippen LogP contribution in [0.1, 0.15) is 0 Å². The summed E-state index contributed by atoms with van der Waals surface area (Å²) in [6.45, 7) is -1.64. The van der Waals surface area contributed by atoms with Gasteiger partial charge in [0, 0.05) is 17.8 Å². The molecule has 19 heavy (non-hydrogen) atoms. The first-order chi connectivity index (χ1) is 8.78. The Kier molecular flexibility index (Phi) is 4.64. The molecule has 0 unspecified atom stereocenters. The van der Waals surface area contributed by atoms with Crippen LogP contribution in [-0.2, 0) is 4.84 Å². The van der Waals surface area contributed by atoms with E-state index in [-0.39, 0.29) is 11.4 Å². The number of carbonyl (C=O) groups is 1. The van der Waals surface area contributed by atoms with E-state index >= 15 is 0 Å². The van der Waals surface area contributed by atoms with Crippen molar-refractivity contribution >= 4 is 17.4 Å². The van der Waals surface area contributed by atoms with Gasteiger partial charge in [0.25, 0.3) is 5.69 Å². The molecule has 0 aliphatic carbocycles. The minimum atomic E-state index is -4.57. The third kappa shape index (κ3) is 5.68. The zero-order valence-electron chi connectivity index (χ0n) is 9.23. The molecule has 1 aromatic carbocycles. The second-order valence-electron chi connectivity index (χ2n) is 3.27. The van der Waals surface area contributed by atoms with Crippen molar-refractivity contribution in [3.8, 4) is 0 Å². The van der Waals surface area contributed by atoms with Crippen molar-refractivity contribution in [2.45, 2.75) is 6.18 Å². The van der Waals surface area contributed by atoms with Crippen molar-refractivity contribution in [3.63, 3.8) is 0 Å². The van der Waals surface area contributed by atoms with Gasteiger partial charge in [0.15, 0.2) is 6.61 Å². The average molecular weight is 279 g/mol. The van der Waals surface area contributed by atoms with E-state index in [0.717, 1.165) is 6.07 Å². The molecule has 0 saturated heterocycles. The van der Waals surface area contributed by atoms with Gasteiger partial charge < -0.3 is 5.32 Å². The minimum Gasteiger partial charge on any atom is -0.306 e. The molecular weight excluding hydrogens is 271 g/mol. The normalized spacial score (nSPS) is 10.9. The predicted octanol–water partition coefficient (Wildman–Crippen LogP) is 2.21. The summed E-state index contributed by atoms with van der Waals surface area (Å²) in [4.78, 5) is 24.8. The van der Waals surface area contributed by atoms with E-state index in [1.165, 1.54) is 23.7 Å². The minimum absolute atomic E-state index is 0.0438. The molecule has 0 radical (unpaired) electrons. The highest BCUT2D eigenvalue weighted by Gasteiger charge is 2.28. The number of nitrogens with one attached hydrogen (secondary N) is 2. The highest BCUT2D eigenvalue weighted by atomic mass is 19.4. The zero-order valence-corrected chi connectivity index (χ0v) is 9.23. The maximum absolute atomic E-state index is 11.7. The van der Waals surface area contributed by atoms with E-state index in [1.54, 1.807) is 0 Å². The number of hydrogen-bond donors (Lipinski definition) is 2. The van der Waals surface area contributed by atoms with Crippen LogP contribution in [0.5, 0.6) is 0 Å². The Morgan fingerprint density at radius 2 is 2.11 bits per heavy atom. The lowest BCUT2D eigenvalue weighted by Gasteiger charge is -2.09. The molecule has 0 saturated carbocycles. The molecule has 0 bridgehead atoms. The molecular formula is C9H8F3N3O4. The van der Waals surface area contributed by atoms with Crippen LogP contribution >= 0.6 is 0 Å². The maximum Gasteiger partial charge on any atom is 0.414 e. The van der Waals surface area contributed by atoms with Crippen LogP contribution in [-0.4, -0.2) is 23.7 Å². The first-order valence-electron chi connectivity index (χ1n) is 4.78. The number of nitro benzene ring substituents is 1. The molecule has 0 spiro atoms. The van der Waals surface area contributed by atoms with Crippen LogP contribution in [0.3, 0.4) is 0 Å². The molecule has 2 amide bonds. The SMILES string of the molecule is O=C(NOCC(F)(F)F)Nc1cccc([N+](=O)[O-])c1. The third-order valence-corrected chi connectivity index (χ3v) is 1.72. The lowest BCUT2D eigenvalue weighted by Crippen LogP contribution is -2.32. The predicted molar refractivity (Wildman–Crippen MR) is 57.3 cm³/mol. The van der Waals surface area contributed by atoms with Crippen LogP contribution < -0.4 is 10.8 Å². The molecule has 104 valence electrons. The molecule has 7 nitrogen and oxygen atoms in total. The van der Waals surface area contributed by atoms with Crippen molar-refractivity contribution in [2.24, 2.45) is 0 Å². The smallest absolute Gasteiger partial charge is 0.306 e. The number of nitrogens with zero attached hydrogens (tertiary/aromatic N) is 1. The Morgan fingerprint density at radius 3 is 2.68 bits per heavy atom. The number of nitro groups is 1. The van der Waals surface area contributed by atoms with Gasteiger partial charge in [-0.1, -0.05) is 6.07 Å². The van der Waals surface area contributed by atoms with Crippen molar-refractivity contribution in [1.29, 1.82) is 0 Å². The third-order valence-electron chi connectivity index (χ3n) is 1.72. The Balaban J connectivity index is 2.48. The van der Waals surface area contributed by atoms with E-state index in [9.17, 15) is 28.1 Å². The average Bonchev–Trinajstić information content (AvgIpc) is 2.27. The monoisotopic (exact) mass is 279 g/mol. The topological polar surface area (TPSA) is 93.5 Å². The number of hydrogen-bond acceptors (Lipinski definition) is 4. The summed E-state index contributed by atoms with van der Waals surface area (Å²) in [7, 11) is 0. The number of non-ortho nitro benzene ring substituents is 1. The molecule has 0 aromatic heterocycles. The highest BCUT2D eigenvalue weighted by Crippen LogP contribution is 2.17. The standard InChI is InChI=1S/C9H8F3N3O4/c10-9(11,12)5-19-14-8(16)13-6-2-1-3-7(4-6)15(17)18/h1-4H,5H2,(H2,13,14,16). The van der Waals surface area contributed by atoms with Crippen LogP contribution in [0.25, 0.3) is 0 Å². The first kappa shape index (κ1) is 14.7. The summed E-state index contributed by atoms with van der Waals surface area (Å²) in [5.74, 6) is 0. The molecule has 0 heterocycles. The Labute approximate surface area is 104 Å². The first-order valence-corrected chi connectivity index (χ1v) is 4.78. The summed E-state index contributed by atoms with van der Waals surface area (Å²) >= 11 is 0. The lowest BCUT2D eigenvalue weighted by atomic mass is 10.3. The number of benzene rings is 1. The van der Waals surface area contributed by atoms with Gasteiger partial charge >= 0.3 is 12.2 Å². The number of urea groups is 1. The molecule has 1 aromatic rings. The summed E-state index contributed by atoms with van der Waals surface area (Å²) in [6, 6.07) is 3.80. The maximum atomic E-state index is 11.7. The van der Waals surface area contributed by atoms with Crippen molar-refractivity contribution in [3.05, 3.63) is 34.4 Å². The fourth-order valence-electron chi connectivity index (χ4n) is 1.04. The number of carbonyl (C=O) groups excluding carboxylic acids is 1. The Morgan fingerprint density at radius 1 is 1.42 bits per heavy atom. The van der Waals surface area contributed by atoms with E-state index in [4.69, 9.17) is 0 Å². The second kappa shape index (κ2) is 6.00. The zero-order chi connectivity index (χ0) is 14.5. The van der Waals surface area contributed by atoms with Gasteiger partial charge in [0.2, 0.25) is 0 Å². The summed E-state index contributed by atoms with van der Waals surface area (Å²) in [6.07, 6.45) is -4.57. The largest absolute Gasteiger partial charge is 0.414 e. The molecule has 2 N–H and O–H groups in total. The van der Waals surface area contributed by atoms with Gasteiger partial charge in [-0.3, -0.25) is 15.0 Å². The summed E-state index contributed by atoms with van der Waals surface area (Å²) < 4.78 is 35.1. The fourth-order valence-corrected chi connectivity index (χ4v) is 1.04.